The van der Waals surface area contributed by atoms with Gasteiger partial charge in [0.2, 0.25) is 11.8 Å². The summed E-state index contributed by atoms with van der Waals surface area (Å²) in [6.07, 6.45) is 28.8. The van der Waals surface area contributed by atoms with E-state index in [1.807, 2.05) is 99.3 Å². The van der Waals surface area contributed by atoms with E-state index in [2.05, 4.69) is 324 Å². The number of thiol groups is 1. The molecule has 820 valence electrons. The lowest BCUT2D eigenvalue weighted by Crippen LogP contribution is -2.22. The monoisotopic (exact) mass is 1990 g/mol. The number of allylic oxidation sites excluding steroid dienone is 4. The number of primary amides is 2. The molecule has 2 amide bonds. The Morgan fingerprint density at radius 3 is 1.07 bits per heavy atom. The molecule has 15 N–H and O–H groups in total. The molecule has 2 atom stereocenters. The van der Waals surface area contributed by atoms with Crippen LogP contribution in [0.4, 0.5) is 0 Å². The Hall–Kier alpha value is -5.66. The van der Waals surface area contributed by atoms with Crippen molar-refractivity contribution >= 4 is 65.9 Å². The van der Waals surface area contributed by atoms with Gasteiger partial charge in [0, 0.05) is 57.2 Å². The highest BCUT2D eigenvalue weighted by Gasteiger charge is 2.14. The van der Waals surface area contributed by atoms with Gasteiger partial charge in [0.1, 0.15) is 5.75 Å². The van der Waals surface area contributed by atoms with Crippen molar-refractivity contribution in [1.29, 1.82) is 0 Å². The maximum Gasteiger partial charge on any atom is 0.303 e. The molecule has 0 fully saturated rings. The fourth-order valence-electron chi connectivity index (χ4n) is 9.91. The molecule has 5 rings (SSSR count). The second-order valence-electron chi connectivity index (χ2n) is 44.9. The van der Waals surface area contributed by atoms with Gasteiger partial charge in [0.05, 0.1) is 6.10 Å². The van der Waals surface area contributed by atoms with Gasteiger partial charge in [-0.05, 0) is 273 Å². The number of nitrogens with two attached hydrogens (primary N) is 5. The summed E-state index contributed by atoms with van der Waals surface area (Å²) in [6, 6.07) is 26.8. The first kappa shape index (κ1) is 160. The number of hydrogen-bond acceptors (Lipinski definition) is 12. The number of aliphatic carboxylic acids is 2. The van der Waals surface area contributed by atoms with Crippen LogP contribution in [0.25, 0.3) is 5.57 Å². The number of benzene rings is 3. The molecule has 0 spiro atoms. The largest absolute Gasteiger partial charge is 0.508 e. The van der Waals surface area contributed by atoms with E-state index >= 15 is 0 Å². The van der Waals surface area contributed by atoms with Crippen molar-refractivity contribution in [1.82, 2.24) is 0 Å². The standard InChI is InChI=1S/C13H16.C10H14O.C10H14.C8H13N.C7H17N3.C7H17N.2C7H16.C6H13NO.C6H12O2.C6H14S.C6H14.C5H11NO.C5H10O2.C5H12O.C4H10O.C4H10S.C4H10/c1-10(2)9-12-8-7-11-5-3-4-6-13(11)12;1-8(2)7-9-3-5-10(11)6-4-9;1-9(2)8-10-6-4-3-5-7-10;1-7(2)6-8-4-3-5-9-8;1-6(2)4-3-5-10-7(8)9;1-7(2)5-3-4-6-8;1-6(2)5-7(3)4;1-5-7(4)6(2)3;2*1-5(2)3-4-6(7)8;1-6(2)4-5-7-3;1-5(2)6(3)4;2*1-4(2)3-5(6)7;1-4(2)5(3)6;2*1-4(2)3-5;1-4(2)3/h3-6,8,10H,7,9H2,1-2H3;3-6,8,11H,7H2,1-2H3;3-7,9H,8H2,1-2H3;4-5,7H,3,6H2,1-2H3;6H,3-5H2,1-2H3,(H4,8,9,10);7H,3-6,8H2,1-2H3;2*6-7H,5H2,1-4H3;5H,3-4H2,1-2H3,(H2,7,8);5H,3-4H2,1-2H3,(H,7,8);6H,4-5H2,1-3H3;5-6H,1-4H3;4H,3H2,1-2H3,(H2,6,7);4H,3H2,1-2H3,(H,6,7);4-6H,1-3H3;2*4-5H,3H2,1-2H3;4H,1-3H3. The van der Waals surface area contributed by atoms with Gasteiger partial charge >= 0.3 is 11.9 Å². The van der Waals surface area contributed by atoms with E-state index in [0.717, 1.165) is 147 Å². The van der Waals surface area contributed by atoms with Crippen molar-refractivity contribution in [2.24, 2.45) is 163 Å². The van der Waals surface area contributed by atoms with Gasteiger partial charge in [-0.1, -0.05) is 396 Å². The second kappa shape index (κ2) is 113. The number of carboxylic acid groups (broad SMARTS) is 2. The highest BCUT2D eigenvalue weighted by molar-refractivity contribution is 7.98. The Labute approximate surface area is 869 Å². The molecular weight excluding hydrogens is 1750 g/mol. The highest BCUT2D eigenvalue weighted by atomic mass is 32.2. The number of thioether (sulfide) groups is 1. The summed E-state index contributed by atoms with van der Waals surface area (Å²) in [5.74, 6) is 15.9. The van der Waals surface area contributed by atoms with Gasteiger partial charge in [-0.15, -0.1) is 0 Å². The fraction of sp³-hybridized carbons (Fsp3) is 0.767. The van der Waals surface area contributed by atoms with Crippen molar-refractivity contribution < 1.29 is 44.7 Å². The molecule has 1 heterocycles. The summed E-state index contributed by atoms with van der Waals surface area (Å²) in [5.41, 5.74) is 33.9. The number of carboxylic acids is 2. The van der Waals surface area contributed by atoms with Gasteiger partial charge in [0.15, 0.2) is 5.96 Å². The molecule has 138 heavy (non-hydrogen) atoms. The normalized spacial score (nSPS) is 11.5. The SMILES string of the molecule is CC(C)C.CC(C)C(C)C.CC(C)C(C)O.CC(C)CC(=O)O.CC(C)CC(C)C.CC(C)CC(N)=O.CC(C)CC1=CCC=N1.CC(C)CC1=CCc2ccccc21.CC(C)CCC(=O)O.CC(C)CCC(N)=O.CC(C)CCCCN.CC(C)CCCN=C(N)N.CC(C)CO.CC(C)CS.CC(C)Cc1ccc(O)cc1.CC(C)Cc1ccccc1.CCC(C)C(C)C.CSCCC(C)C. The second-order valence-corrected chi connectivity index (χ2v) is 46.2. The Kier molecular flexibility index (Phi) is 132. The number of aliphatic imine (C=N–C) groups is 2. The first-order chi connectivity index (χ1) is 63.6. The average molecular weight is 1990 g/mol. The van der Waals surface area contributed by atoms with Crippen molar-refractivity contribution in [2.45, 2.75) is 439 Å². The molecule has 18 heteroatoms. The molecule has 0 saturated heterocycles. The third-order valence-corrected chi connectivity index (χ3v) is 20.6. The lowest BCUT2D eigenvalue weighted by molar-refractivity contribution is -0.138. The van der Waals surface area contributed by atoms with E-state index < -0.39 is 11.9 Å². The summed E-state index contributed by atoms with van der Waals surface area (Å²) in [6.45, 7) is 96.7. The molecule has 2 aliphatic rings. The highest BCUT2D eigenvalue weighted by Crippen LogP contribution is 2.32. The number of unbranched alkanes of at least 4 members (excludes halogenated alkanes) is 1. The Balaban J connectivity index is -0.000000110. The molecule has 1 aliphatic carbocycles. The molecular formula is C120H239N7O9S2. The minimum Gasteiger partial charge on any atom is -0.508 e. The number of fused-ring (bicyclic) bond motifs is 1. The molecule has 2 unspecified atom stereocenters. The third-order valence-electron chi connectivity index (χ3n) is 19.2. The number of amides is 2. The predicted molar refractivity (Wildman–Crippen MR) is 627 cm³/mol. The third kappa shape index (κ3) is 176. The first-order valence-corrected chi connectivity index (χ1v) is 55.5. The summed E-state index contributed by atoms with van der Waals surface area (Å²) >= 11 is 5.95. The predicted octanol–water partition coefficient (Wildman–Crippen LogP) is 33.0. The smallest absolute Gasteiger partial charge is 0.303 e. The van der Waals surface area contributed by atoms with Gasteiger partial charge in [0.25, 0.3) is 0 Å². The van der Waals surface area contributed by atoms with E-state index in [0.29, 0.717) is 67.1 Å². The van der Waals surface area contributed by atoms with E-state index in [4.69, 9.17) is 54.2 Å². The van der Waals surface area contributed by atoms with Gasteiger partial charge in [-0.2, -0.15) is 24.4 Å². The minimum absolute atomic E-state index is 0.148. The molecule has 0 bridgehead atoms. The Morgan fingerprint density at radius 2 is 0.826 bits per heavy atom. The summed E-state index contributed by atoms with van der Waals surface area (Å²) < 4.78 is 0. The van der Waals surface area contributed by atoms with Crippen LogP contribution in [0.3, 0.4) is 0 Å². The number of nitrogens with zero attached hydrogens (tertiary/aromatic N) is 2. The Bertz CT molecular complexity index is 3050. The number of rotatable bonds is 37. The van der Waals surface area contributed by atoms with E-state index in [1.54, 1.807) is 24.6 Å². The first-order valence-electron chi connectivity index (χ1n) is 53.5. The maximum atomic E-state index is 10.1. The zero-order valence-corrected chi connectivity index (χ0v) is 101. The number of phenolic OH excluding ortho intramolecular Hbond substituents is 1. The number of hydrogen-bond donors (Lipinski definition) is 11. The number of aliphatic hydroxyl groups excluding tert-OH is 2. The molecule has 16 nitrogen and oxygen atoms in total. The van der Waals surface area contributed by atoms with Gasteiger partial charge < -0.3 is 54.2 Å². The van der Waals surface area contributed by atoms with Crippen LogP contribution in [0.1, 0.15) is 436 Å². The van der Waals surface area contributed by atoms with Crippen molar-refractivity contribution in [3.8, 4) is 5.75 Å². The van der Waals surface area contributed by atoms with Crippen LogP contribution in [0.2, 0.25) is 0 Å². The quantitative estimate of drug-likeness (QED) is 0.0111. The number of aromatic hydroxyl groups is 1. The Morgan fingerprint density at radius 1 is 0.435 bits per heavy atom. The maximum absolute atomic E-state index is 10.1. The van der Waals surface area contributed by atoms with Crippen LogP contribution >= 0.6 is 24.4 Å². The number of carbonyl (C=O) groups is 4. The topological polar surface area (TPSA) is 324 Å². The zero-order chi connectivity index (χ0) is 111. The summed E-state index contributed by atoms with van der Waals surface area (Å²) in [4.78, 5) is 48.0. The molecule has 3 aromatic carbocycles. The van der Waals surface area contributed by atoms with Crippen LogP contribution in [-0.2, 0) is 38.4 Å². The lowest BCUT2D eigenvalue weighted by atomic mass is 9.96. The van der Waals surface area contributed by atoms with Crippen LogP contribution in [0, 0.1) is 124 Å². The van der Waals surface area contributed by atoms with Gasteiger partial charge in [-0.25, -0.2) is 0 Å². The number of carbonyl (C=O) groups excluding carboxylic acids is 2. The van der Waals surface area contributed by atoms with Crippen LogP contribution < -0.4 is 28.7 Å². The lowest BCUT2D eigenvalue weighted by Gasteiger charge is -2.10. The van der Waals surface area contributed by atoms with Crippen molar-refractivity contribution in [2.75, 3.05) is 37.5 Å². The molecule has 3 aromatic rings. The summed E-state index contributed by atoms with van der Waals surface area (Å²) in [5, 5.41) is 42.0. The summed E-state index contributed by atoms with van der Waals surface area (Å²) in [7, 11) is 0. The van der Waals surface area contributed by atoms with Crippen LogP contribution in [0.5, 0.6) is 5.75 Å². The van der Waals surface area contributed by atoms with E-state index in [1.165, 1.54) is 91.5 Å². The van der Waals surface area contributed by atoms with Gasteiger partial charge in [-0.3, -0.25) is 29.2 Å². The number of guanidine groups is 1. The van der Waals surface area contributed by atoms with Crippen LogP contribution in [0.15, 0.2) is 107 Å². The molecule has 0 aromatic heterocycles. The molecule has 0 saturated carbocycles. The molecule has 0 radical (unpaired) electrons. The number of phenols is 1. The fourth-order valence-corrected chi connectivity index (χ4v) is 10.6. The average Bonchev–Trinajstić information content (AvgIpc) is 1.69. The van der Waals surface area contributed by atoms with E-state index in [9.17, 15) is 19.2 Å². The van der Waals surface area contributed by atoms with E-state index in [-0.39, 0.29) is 36.2 Å². The molecule has 1 aliphatic heterocycles. The minimum atomic E-state index is -0.713. The van der Waals surface area contributed by atoms with Crippen LogP contribution in [-0.4, -0.2) is 105 Å². The zero-order valence-electron chi connectivity index (χ0n) is 99.1. The van der Waals surface area contributed by atoms with Crippen molar-refractivity contribution in [3.63, 3.8) is 0 Å². The number of aliphatic hydroxyl groups is 2. The van der Waals surface area contributed by atoms with Crippen molar-refractivity contribution in [3.05, 3.63) is 119 Å².